The van der Waals surface area contributed by atoms with Crippen LogP contribution in [0.1, 0.15) is 23.0 Å². The van der Waals surface area contributed by atoms with Crippen molar-refractivity contribution in [2.75, 3.05) is 0 Å². The Morgan fingerprint density at radius 2 is 2.00 bits per heavy atom. The third kappa shape index (κ3) is 4.06. The molecule has 0 saturated carbocycles. The van der Waals surface area contributed by atoms with Crippen LogP contribution in [0.2, 0.25) is 0 Å². The van der Waals surface area contributed by atoms with Crippen molar-refractivity contribution in [2.24, 2.45) is 5.10 Å². The summed E-state index contributed by atoms with van der Waals surface area (Å²) < 4.78 is 5.65. The van der Waals surface area contributed by atoms with E-state index in [1.807, 2.05) is 37.3 Å². The Balaban J connectivity index is 1.93. The van der Waals surface area contributed by atoms with E-state index in [9.17, 15) is 4.79 Å². The summed E-state index contributed by atoms with van der Waals surface area (Å²) in [6.07, 6.45) is 0.697. The lowest BCUT2D eigenvalue weighted by molar-refractivity contribution is 0.0926. The zero-order chi connectivity index (χ0) is 13.7. The second-order valence-electron chi connectivity index (χ2n) is 4.05. The second-order valence-corrected chi connectivity index (χ2v) is 4.84. The van der Waals surface area contributed by atoms with E-state index in [2.05, 4.69) is 26.5 Å². The summed E-state index contributed by atoms with van der Waals surface area (Å²) in [5, 5.41) is 4.05. The van der Waals surface area contributed by atoms with Gasteiger partial charge in [-0.2, -0.15) is 5.10 Å². The molecule has 1 N–H and O–H groups in total. The van der Waals surface area contributed by atoms with Crippen LogP contribution in [0.3, 0.4) is 0 Å². The van der Waals surface area contributed by atoms with Crippen molar-refractivity contribution in [2.45, 2.75) is 13.3 Å². The molecule has 1 heterocycles. The maximum atomic E-state index is 11.7. The molecule has 0 bridgehead atoms. The van der Waals surface area contributed by atoms with Gasteiger partial charge in [0.2, 0.25) is 0 Å². The molecule has 0 unspecified atom stereocenters. The van der Waals surface area contributed by atoms with E-state index in [0.717, 1.165) is 11.3 Å². The van der Waals surface area contributed by atoms with Gasteiger partial charge < -0.3 is 4.42 Å². The molecule has 4 nitrogen and oxygen atoms in total. The number of rotatable bonds is 4. The van der Waals surface area contributed by atoms with Crippen LogP contribution in [0.5, 0.6) is 0 Å². The molecule has 19 heavy (non-hydrogen) atoms. The van der Waals surface area contributed by atoms with E-state index >= 15 is 0 Å². The van der Waals surface area contributed by atoms with Crippen LogP contribution in [-0.4, -0.2) is 11.6 Å². The van der Waals surface area contributed by atoms with Crippen LogP contribution in [0.25, 0.3) is 0 Å². The standard InChI is InChI=1S/C14H13BrN2O2/c1-10(9-11-5-3-2-4-6-11)16-17-14(18)12-7-8-13(15)19-12/h2-8H,9H2,1H3,(H,17,18). The molecule has 0 fully saturated rings. The number of furan rings is 1. The van der Waals surface area contributed by atoms with Crippen LogP contribution in [0, 0.1) is 0 Å². The summed E-state index contributed by atoms with van der Waals surface area (Å²) in [5.41, 5.74) is 4.44. The highest BCUT2D eigenvalue weighted by molar-refractivity contribution is 9.10. The summed E-state index contributed by atoms with van der Waals surface area (Å²) >= 11 is 3.14. The largest absolute Gasteiger partial charge is 0.444 e. The highest BCUT2D eigenvalue weighted by atomic mass is 79.9. The summed E-state index contributed by atoms with van der Waals surface area (Å²) in [5.74, 6) is -0.138. The van der Waals surface area contributed by atoms with Crippen LogP contribution < -0.4 is 5.43 Å². The number of carbonyl (C=O) groups excluding carboxylic acids is 1. The average molecular weight is 321 g/mol. The molecule has 0 radical (unpaired) electrons. The molecule has 98 valence electrons. The van der Waals surface area contributed by atoms with E-state index in [-0.39, 0.29) is 11.7 Å². The van der Waals surface area contributed by atoms with E-state index in [1.54, 1.807) is 12.1 Å². The summed E-state index contributed by atoms with van der Waals surface area (Å²) in [6.45, 7) is 1.87. The summed E-state index contributed by atoms with van der Waals surface area (Å²) in [6, 6.07) is 13.2. The van der Waals surface area contributed by atoms with E-state index in [0.29, 0.717) is 11.1 Å². The number of nitrogens with zero attached hydrogens (tertiary/aromatic N) is 1. The molecular weight excluding hydrogens is 308 g/mol. The number of benzene rings is 1. The highest BCUT2D eigenvalue weighted by Crippen LogP contribution is 2.13. The Hall–Kier alpha value is -1.88. The maximum absolute atomic E-state index is 11.7. The first-order valence-electron chi connectivity index (χ1n) is 5.78. The zero-order valence-electron chi connectivity index (χ0n) is 10.4. The van der Waals surface area contributed by atoms with E-state index < -0.39 is 0 Å². The molecule has 1 aromatic carbocycles. The number of nitrogens with one attached hydrogen (secondary N) is 1. The minimum Gasteiger partial charge on any atom is -0.444 e. The Kier molecular flexibility index (Phi) is 4.52. The van der Waals surface area contributed by atoms with Crippen LogP contribution >= 0.6 is 15.9 Å². The normalized spacial score (nSPS) is 11.4. The van der Waals surface area contributed by atoms with Gasteiger partial charge in [0.05, 0.1) is 0 Å². The number of hydrogen-bond donors (Lipinski definition) is 1. The van der Waals surface area contributed by atoms with Crippen molar-refractivity contribution in [3.63, 3.8) is 0 Å². The topological polar surface area (TPSA) is 54.6 Å². The van der Waals surface area contributed by atoms with Crippen molar-refractivity contribution in [1.29, 1.82) is 0 Å². The predicted octanol–water partition coefficient (Wildman–Crippen LogP) is 3.39. The fourth-order valence-electron chi connectivity index (χ4n) is 1.57. The van der Waals surface area contributed by atoms with Gasteiger partial charge >= 0.3 is 5.91 Å². The van der Waals surface area contributed by atoms with Crippen LogP contribution in [0.15, 0.2) is 56.7 Å². The highest BCUT2D eigenvalue weighted by Gasteiger charge is 2.09. The fraction of sp³-hybridized carbons (Fsp3) is 0.143. The molecule has 2 rings (SSSR count). The number of halogens is 1. The summed E-state index contributed by atoms with van der Waals surface area (Å²) in [7, 11) is 0. The van der Waals surface area contributed by atoms with Crippen molar-refractivity contribution >= 4 is 27.5 Å². The lowest BCUT2D eigenvalue weighted by atomic mass is 10.1. The lowest BCUT2D eigenvalue weighted by Crippen LogP contribution is -2.19. The molecule has 0 atom stereocenters. The smallest absolute Gasteiger partial charge is 0.307 e. The van der Waals surface area contributed by atoms with Gasteiger partial charge in [-0.05, 0) is 40.5 Å². The first-order valence-corrected chi connectivity index (χ1v) is 6.57. The van der Waals surface area contributed by atoms with Gasteiger partial charge in [-0.25, -0.2) is 5.43 Å². The number of hydrazone groups is 1. The van der Waals surface area contributed by atoms with Gasteiger partial charge in [0.15, 0.2) is 10.4 Å². The van der Waals surface area contributed by atoms with Crippen molar-refractivity contribution in [1.82, 2.24) is 5.43 Å². The van der Waals surface area contributed by atoms with Crippen molar-refractivity contribution in [3.8, 4) is 0 Å². The molecule has 0 aliphatic heterocycles. The SMILES string of the molecule is CC(Cc1ccccc1)=NNC(=O)c1ccc(Br)o1. The third-order valence-electron chi connectivity index (χ3n) is 2.45. The second kappa shape index (κ2) is 6.33. The molecule has 0 aliphatic rings. The van der Waals surface area contributed by atoms with Gasteiger partial charge in [-0.1, -0.05) is 30.3 Å². The fourth-order valence-corrected chi connectivity index (χ4v) is 1.87. The average Bonchev–Trinajstić information content (AvgIpc) is 2.84. The van der Waals surface area contributed by atoms with Crippen molar-refractivity contribution < 1.29 is 9.21 Å². The predicted molar refractivity (Wildman–Crippen MR) is 77.1 cm³/mol. The van der Waals surface area contributed by atoms with Gasteiger partial charge in [0, 0.05) is 12.1 Å². The van der Waals surface area contributed by atoms with Crippen molar-refractivity contribution in [3.05, 3.63) is 58.5 Å². The van der Waals surface area contributed by atoms with E-state index in [1.165, 1.54) is 0 Å². The first kappa shape index (κ1) is 13.5. The molecule has 0 aliphatic carbocycles. The Morgan fingerprint density at radius 3 is 2.63 bits per heavy atom. The molecule has 0 spiro atoms. The maximum Gasteiger partial charge on any atom is 0.307 e. The monoisotopic (exact) mass is 320 g/mol. The number of carbonyl (C=O) groups is 1. The summed E-state index contributed by atoms with van der Waals surface area (Å²) in [4.78, 5) is 11.7. The minimum atomic E-state index is -0.363. The van der Waals surface area contributed by atoms with Gasteiger partial charge in [-0.15, -0.1) is 0 Å². The van der Waals surface area contributed by atoms with Crippen LogP contribution in [-0.2, 0) is 6.42 Å². The molecule has 0 saturated heterocycles. The Bertz CT molecular complexity index is 591. The van der Waals surface area contributed by atoms with Gasteiger partial charge in [-0.3, -0.25) is 4.79 Å². The first-order chi connectivity index (χ1) is 9.15. The zero-order valence-corrected chi connectivity index (χ0v) is 12.0. The molecule has 1 amide bonds. The third-order valence-corrected chi connectivity index (χ3v) is 2.87. The Labute approximate surface area is 119 Å². The van der Waals surface area contributed by atoms with E-state index in [4.69, 9.17) is 4.42 Å². The molecule has 1 aromatic heterocycles. The minimum absolute atomic E-state index is 0.225. The van der Waals surface area contributed by atoms with Crippen LogP contribution in [0.4, 0.5) is 0 Å². The molecule has 5 heteroatoms. The van der Waals surface area contributed by atoms with Gasteiger partial charge in [0.1, 0.15) is 0 Å². The lowest BCUT2D eigenvalue weighted by Gasteiger charge is -2.01. The Morgan fingerprint density at radius 1 is 1.26 bits per heavy atom. The molecule has 2 aromatic rings. The number of amides is 1. The quantitative estimate of drug-likeness (QED) is 0.693. The van der Waals surface area contributed by atoms with Gasteiger partial charge in [0.25, 0.3) is 0 Å². The number of hydrogen-bond acceptors (Lipinski definition) is 3. The molecular formula is C14H13BrN2O2.